The van der Waals surface area contributed by atoms with Crippen LogP contribution in [0.1, 0.15) is 25.2 Å². The average molecular weight is 408 g/mol. The van der Waals surface area contributed by atoms with E-state index in [1.54, 1.807) is 24.3 Å². The lowest BCUT2D eigenvalue weighted by atomic mass is 10.0. The van der Waals surface area contributed by atoms with Crippen LogP contribution >= 0.6 is 0 Å². The Bertz CT molecular complexity index is 1270. The van der Waals surface area contributed by atoms with Crippen molar-refractivity contribution in [2.75, 3.05) is 14.2 Å². The monoisotopic (exact) mass is 408 g/mol. The van der Waals surface area contributed by atoms with Gasteiger partial charge in [-0.05, 0) is 38.1 Å². The van der Waals surface area contributed by atoms with Gasteiger partial charge in [0, 0.05) is 12.1 Å². The molecule has 0 saturated heterocycles. The van der Waals surface area contributed by atoms with Gasteiger partial charge < -0.3 is 28.1 Å². The quantitative estimate of drug-likeness (QED) is 0.609. The van der Waals surface area contributed by atoms with Crippen molar-refractivity contribution in [3.05, 3.63) is 51.9 Å². The number of benzene rings is 2. The van der Waals surface area contributed by atoms with Crippen LogP contribution in [0.4, 0.5) is 0 Å². The predicted octanol–water partition coefficient (Wildman–Crippen LogP) is 4.68. The molecule has 30 heavy (non-hydrogen) atoms. The molecule has 0 saturated carbocycles. The summed E-state index contributed by atoms with van der Waals surface area (Å²) in [5.74, 6) is 2.78. The highest BCUT2D eigenvalue weighted by molar-refractivity contribution is 5.90. The van der Waals surface area contributed by atoms with Crippen molar-refractivity contribution in [1.29, 1.82) is 0 Å². The van der Waals surface area contributed by atoms with Crippen molar-refractivity contribution < 1.29 is 28.1 Å². The van der Waals surface area contributed by atoms with Crippen LogP contribution in [0, 0.1) is 0 Å². The number of hydrogen-bond acceptors (Lipinski definition) is 7. The first-order valence-corrected chi connectivity index (χ1v) is 9.48. The molecule has 3 aromatic rings. The topological polar surface area (TPSA) is 76.4 Å². The van der Waals surface area contributed by atoms with E-state index in [0.717, 1.165) is 5.56 Å². The van der Waals surface area contributed by atoms with Crippen LogP contribution in [0.5, 0.6) is 34.5 Å². The summed E-state index contributed by atoms with van der Waals surface area (Å²) in [7, 11) is 3.06. The summed E-state index contributed by atoms with van der Waals surface area (Å²) in [4.78, 5) is 13.3. The van der Waals surface area contributed by atoms with Gasteiger partial charge in [-0.15, -0.1) is 0 Å². The molecule has 3 heterocycles. The number of methoxy groups -OCH3 is 2. The van der Waals surface area contributed by atoms with Crippen molar-refractivity contribution >= 4 is 17.0 Å². The van der Waals surface area contributed by atoms with Crippen molar-refractivity contribution in [3.8, 4) is 34.5 Å². The molecule has 0 fully saturated rings. The van der Waals surface area contributed by atoms with Crippen molar-refractivity contribution in [3.63, 3.8) is 0 Å². The zero-order valence-corrected chi connectivity index (χ0v) is 17.0. The summed E-state index contributed by atoms with van der Waals surface area (Å²) in [5, 5.41) is 0.407. The van der Waals surface area contributed by atoms with E-state index in [1.165, 1.54) is 14.2 Å². The van der Waals surface area contributed by atoms with E-state index in [1.807, 2.05) is 26.0 Å². The minimum absolute atomic E-state index is 0.0305. The minimum atomic E-state index is -0.432. The lowest BCUT2D eigenvalue weighted by Crippen LogP contribution is -2.27. The second-order valence-electron chi connectivity index (χ2n) is 7.62. The van der Waals surface area contributed by atoms with Crippen LogP contribution < -0.4 is 29.1 Å². The summed E-state index contributed by atoms with van der Waals surface area (Å²) >= 11 is 0. The highest BCUT2D eigenvalue weighted by Gasteiger charge is 2.28. The lowest BCUT2D eigenvalue weighted by Gasteiger charge is -2.28. The molecule has 5 rings (SSSR count). The average Bonchev–Trinajstić information content (AvgIpc) is 2.91. The van der Waals surface area contributed by atoms with Gasteiger partial charge in [-0.1, -0.05) is 0 Å². The van der Waals surface area contributed by atoms with Gasteiger partial charge in [-0.2, -0.15) is 0 Å². The fourth-order valence-corrected chi connectivity index (χ4v) is 3.62. The fraction of sp³-hybridized carbons (Fsp3) is 0.261. The van der Waals surface area contributed by atoms with Crippen molar-refractivity contribution in [2.24, 2.45) is 0 Å². The molecule has 0 spiro atoms. The van der Waals surface area contributed by atoms with Gasteiger partial charge in [0.05, 0.1) is 25.2 Å². The maximum atomic E-state index is 13.3. The minimum Gasteiger partial charge on any atom is -0.493 e. The third-order valence-corrected chi connectivity index (χ3v) is 5.13. The maximum absolute atomic E-state index is 13.3. The first-order chi connectivity index (χ1) is 14.4. The van der Waals surface area contributed by atoms with Crippen molar-refractivity contribution in [1.82, 2.24) is 0 Å². The van der Waals surface area contributed by atoms with E-state index in [4.69, 9.17) is 28.1 Å². The normalized spacial score (nSPS) is 15.6. The Kier molecular flexibility index (Phi) is 3.96. The van der Waals surface area contributed by atoms with E-state index in [2.05, 4.69) is 0 Å². The third kappa shape index (κ3) is 2.77. The second-order valence-corrected chi connectivity index (χ2v) is 7.62. The van der Waals surface area contributed by atoms with Gasteiger partial charge in [0.25, 0.3) is 0 Å². The first-order valence-electron chi connectivity index (χ1n) is 9.48. The van der Waals surface area contributed by atoms with Crippen LogP contribution in [0.2, 0.25) is 0 Å². The molecule has 154 valence electrons. The molecule has 2 aromatic carbocycles. The van der Waals surface area contributed by atoms with Gasteiger partial charge in [0.1, 0.15) is 16.9 Å². The molecule has 2 aliphatic rings. The van der Waals surface area contributed by atoms with E-state index in [0.29, 0.717) is 45.5 Å². The molecular formula is C23H20O7. The predicted molar refractivity (Wildman–Crippen MR) is 110 cm³/mol. The Hall–Kier alpha value is -3.61. The molecular weight excluding hydrogens is 388 g/mol. The van der Waals surface area contributed by atoms with Crippen LogP contribution in [0.25, 0.3) is 17.0 Å². The highest BCUT2D eigenvalue weighted by atomic mass is 16.6. The Morgan fingerprint density at radius 1 is 1.00 bits per heavy atom. The molecule has 0 atom stereocenters. The molecule has 1 aromatic heterocycles. The summed E-state index contributed by atoms with van der Waals surface area (Å²) in [5.41, 5.74) is 0.449. The van der Waals surface area contributed by atoms with Crippen LogP contribution in [0.15, 0.2) is 39.6 Å². The molecule has 7 nitrogen and oxygen atoms in total. The summed E-state index contributed by atoms with van der Waals surface area (Å²) in [6.07, 6.45) is 3.85. The standard InChI is InChI=1S/C23H20O7/c1-23(2)8-7-12-14(30-23)6-5-13-20(24)22-19(29-21(12)13)11-27-17-9-15(25-3)16(26-4)10-18(17)28-22/h5-10H,11H2,1-4H3. The van der Waals surface area contributed by atoms with Gasteiger partial charge in [-0.3, -0.25) is 4.79 Å². The number of hydrogen-bond donors (Lipinski definition) is 0. The Labute approximate surface area is 172 Å². The smallest absolute Gasteiger partial charge is 0.235 e. The highest BCUT2D eigenvalue weighted by Crippen LogP contribution is 2.44. The molecule has 0 N–H and O–H groups in total. The lowest BCUT2D eigenvalue weighted by molar-refractivity contribution is 0.159. The van der Waals surface area contributed by atoms with Crippen LogP contribution in [-0.2, 0) is 6.61 Å². The molecule has 7 heteroatoms. The SMILES string of the molecule is COc1cc2c(cc1OC)Oc1c(oc3c4c(ccc3c1=O)OC(C)(C)C=C4)CO2. The number of ether oxygens (including phenoxy) is 5. The van der Waals surface area contributed by atoms with Gasteiger partial charge in [0.2, 0.25) is 11.2 Å². The van der Waals surface area contributed by atoms with Crippen LogP contribution in [-0.4, -0.2) is 19.8 Å². The van der Waals surface area contributed by atoms with E-state index in [-0.39, 0.29) is 17.8 Å². The summed E-state index contributed by atoms with van der Waals surface area (Å²) in [6.45, 7) is 3.96. The zero-order chi connectivity index (χ0) is 21.0. The van der Waals surface area contributed by atoms with E-state index < -0.39 is 5.60 Å². The Balaban J connectivity index is 1.68. The zero-order valence-electron chi connectivity index (χ0n) is 17.0. The Morgan fingerprint density at radius 2 is 1.73 bits per heavy atom. The third-order valence-electron chi connectivity index (χ3n) is 5.13. The Morgan fingerprint density at radius 3 is 2.47 bits per heavy atom. The molecule has 2 aliphatic heterocycles. The van der Waals surface area contributed by atoms with E-state index >= 15 is 0 Å². The molecule has 0 aliphatic carbocycles. The number of rotatable bonds is 2. The van der Waals surface area contributed by atoms with Gasteiger partial charge in [-0.25, -0.2) is 0 Å². The van der Waals surface area contributed by atoms with Gasteiger partial charge >= 0.3 is 0 Å². The summed E-state index contributed by atoms with van der Waals surface area (Å²) < 4.78 is 34.6. The second kappa shape index (κ2) is 6.45. The van der Waals surface area contributed by atoms with Gasteiger partial charge in [0.15, 0.2) is 35.4 Å². The largest absolute Gasteiger partial charge is 0.493 e. The van der Waals surface area contributed by atoms with E-state index in [9.17, 15) is 4.79 Å². The molecule has 0 radical (unpaired) electrons. The van der Waals surface area contributed by atoms with Crippen molar-refractivity contribution in [2.45, 2.75) is 26.1 Å². The maximum Gasteiger partial charge on any atom is 0.235 e. The molecule has 0 unspecified atom stereocenters. The molecule has 0 amide bonds. The summed E-state index contributed by atoms with van der Waals surface area (Å²) in [6, 6.07) is 6.75. The number of fused-ring (bicyclic) bond motifs is 5. The molecule has 0 bridgehead atoms. The fourth-order valence-electron chi connectivity index (χ4n) is 3.62. The first kappa shape index (κ1) is 18.4. The van der Waals surface area contributed by atoms with Crippen LogP contribution in [0.3, 0.4) is 0 Å².